The summed E-state index contributed by atoms with van der Waals surface area (Å²) < 4.78 is 0. The molecule has 0 aliphatic carbocycles. The van der Waals surface area contributed by atoms with Crippen LogP contribution >= 0.6 is 11.6 Å². The highest BCUT2D eigenvalue weighted by Crippen LogP contribution is 2.38. The second-order valence-corrected chi connectivity index (χ2v) is 8.65. The van der Waals surface area contributed by atoms with Crippen molar-refractivity contribution < 1.29 is 9.59 Å². The molecular weight excluding hydrogens is 408 g/mol. The van der Waals surface area contributed by atoms with Gasteiger partial charge in [-0.15, -0.1) is 0 Å². The van der Waals surface area contributed by atoms with Crippen molar-refractivity contribution in [1.29, 1.82) is 0 Å². The normalized spacial score (nSPS) is 18.1. The minimum Gasteiger partial charge on any atom is -0.356 e. The summed E-state index contributed by atoms with van der Waals surface area (Å²) in [6.07, 6.45) is 1.77. The van der Waals surface area contributed by atoms with E-state index in [9.17, 15) is 9.59 Å². The topological polar surface area (TPSA) is 49.4 Å². The van der Waals surface area contributed by atoms with E-state index in [1.165, 1.54) is 0 Å². The van der Waals surface area contributed by atoms with Crippen LogP contribution in [0.25, 0.3) is 22.3 Å². The molecule has 1 fully saturated rings. The fraction of sp³-hybridized carbons (Fsp3) is 0.231. The first-order chi connectivity index (χ1) is 15.0. The number of nitrogens with zero attached hydrogens (tertiary/aromatic N) is 1. The van der Waals surface area contributed by atoms with E-state index in [-0.39, 0.29) is 17.7 Å². The summed E-state index contributed by atoms with van der Waals surface area (Å²) in [6, 6.07) is 20.1. The van der Waals surface area contributed by atoms with Crippen LogP contribution in [0.5, 0.6) is 0 Å². The van der Waals surface area contributed by atoms with Gasteiger partial charge in [0.1, 0.15) is 0 Å². The summed E-state index contributed by atoms with van der Waals surface area (Å²) in [7, 11) is 1.83. The second-order valence-electron chi connectivity index (χ2n) is 8.27. The number of amides is 2. The number of benzene rings is 3. The van der Waals surface area contributed by atoms with Crippen molar-refractivity contribution in [3.8, 4) is 22.3 Å². The van der Waals surface area contributed by atoms with Crippen LogP contribution in [-0.2, 0) is 11.3 Å². The molecule has 0 radical (unpaired) electrons. The number of carbonyl (C=O) groups is 2. The molecule has 3 aromatic rings. The summed E-state index contributed by atoms with van der Waals surface area (Å²) in [5.41, 5.74) is 6.60. The Balaban J connectivity index is 1.50. The van der Waals surface area contributed by atoms with Crippen molar-refractivity contribution >= 4 is 23.4 Å². The van der Waals surface area contributed by atoms with Crippen molar-refractivity contribution in [2.75, 3.05) is 13.6 Å². The van der Waals surface area contributed by atoms with Crippen LogP contribution in [0.15, 0.2) is 60.7 Å². The van der Waals surface area contributed by atoms with E-state index in [1.807, 2.05) is 67.7 Å². The molecule has 3 aromatic carbocycles. The fourth-order valence-corrected chi connectivity index (χ4v) is 5.05. The van der Waals surface area contributed by atoms with Gasteiger partial charge in [0.2, 0.25) is 5.91 Å². The maximum Gasteiger partial charge on any atom is 0.254 e. The molecule has 0 spiro atoms. The lowest BCUT2D eigenvalue weighted by molar-refractivity contribution is -0.123. The minimum absolute atomic E-state index is 0.0493. The van der Waals surface area contributed by atoms with E-state index < -0.39 is 0 Å². The van der Waals surface area contributed by atoms with Crippen molar-refractivity contribution in [1.82, 2.24) is 10.2 Å². The van der Waals surface area contributed by atoms with E-state index in [4.69, 9.17) is 11.6 Å². The summed E-state index contributed by atoms with van der Waals surface area (Å²) in [4.78, 5) is 26.7. The van der Waals surface area contributed by atoms with Gasteiger partial charge in [0.25, 0.3) is 5.91 Å². The molecule has 2 heterocycles. The minimum atomic E-state index is -0.199. The highest BCUT2D eigenvalue weighted by molar-refractivity contribution is 6.34. The average Bonchev–Trinajstić information content (AvgIpc) is 3.08. The molecule has 1 atom stereocenters. The van der Waals surface area contributed by atoms with Crippen LogP contribution in [0, 0.1) is 0 Å². The molecule has 1 unspecified atom stereocenters. The number of hydrogen-bond donors (Lipinski definition) is 1. The lowest BCUT2D eigenvalue weighted by Crippen LogP contribution is -2.35. The van der Waals surface area contributed by atoms with E-state index in [1.54, 1.807) is 4.90 Å². The van der Waals surface area contributed by atoms with Crippen LogP contribution in [-0.4, -0.2) is 30.3 Å². The van der Waals surface area contributed by atoms with Gasteiger partial charge < -0.3 is 10.2 Å². The molecule has 31 heavy (non-hydrogen) atoms. The van der Waals surface area contributed by atoms with Gasteiger partial charge in [-0.1, -0.05) is 72.3 Å². The molecule has 0 aromatic heterocycles. The SMILES string of the molecule is CN1Cc2cccc(-c3ccc(-c4cccc(C5CCCNC5=O)c4Cl)cc3)c2C1=O. The third kappa shape index (κ3) is 3.41. The number of fused-ring (bicyclic) bond motifs is 1. The third-order valence-corrected chi connectivity index (χ3v) is 6.74. The van der Waals surface area contributed by atoms with Gasteiger partial charge in [-0.2, -0.15) is 0 Å². The van der Waals surface area contributed by atoms with Gasteiger partial charge in [-0.25, -0.2) is 0 Å². The molecule has 0 bridgehead atoms. The predicted molar refractivity (Wildman–Crippen MR) is 123 cm³/mol. The zero-order valence-electron chi connectivity index (χ0n) is 17.3. The van der Waals surface area contributed by atoms with Gasteiger partial charge in [0.05, 0.1) is 16.5 Å². The van der Waals surface area contributed by atoms with Gasteiger partial charge in [0.15, 0.2) is 0 Å². The van der Waals surface area contributed by atoms with Gasteiger partial charge in [0, 0.05) is 25.7 Å². The van der Waals surface area contributed by atoms with Crippen molar-refractivity contribution in [3.63, 3.8) is 0 Å². The Morgan fingerprint density at radius 2 is 1.61 bits per heavy atom. The standard InChI is InChI=1S/C26H23ClN2O2/c1-29-15-18-5-2-6-19(23(18)26(29)31)16-10-12-17(13-11-16)20-7-3-8-21(24(20)27)22-9-4-14-28-25(22)30/h2-3,5-8,10-13,22H,4,9,14-15H2,1H3,(H,28,30). The molecule has 5 heteroatoms. The highest BCUT2D eigenvalue weighted by Gasteiger charge is 2.28. The number of carbonyl (C=O) groups excluding carboxylic acids is 2. The van der Waals surface area contributed by atoms with E-state index >= 15 is 0 Å². The third-order valence-electron chi connectivity index (χ3n) is 6.32. The number of rotatable bonds is 3. The molecule has 2 amide bonds. The van der Waals surface area contributed by atoms with Crippen molar-refractivity contribution in [2.24, 2.45) is 0 Å². The Labute approximate surface area is 186 Å². The molecule has 156 valence electrons. The Hall–Kier alpha value is -3.11. The lowest BCUT2D eigenvalue weighted by Gasteiger charge is -2.23. The van der Waals surface area contributed by atoms with Crippen LogP contribution < -0.4 is 5.32 Å². The molecule has 5 rings (SSSR count). The number of piperidine rings is 1. The monoisotopic (exact) mass is 430 g/mol. The Bertz CT molecular complexity index is 1190. The Morgan fingerprint density at radius 1 is 0.935 bits per heavy atom. The zero-order chi connectivity index (χ0) is 21.5. The molecule has 2 aliphatic heterocycles. The average molecular weight is 431 g/mol. The van der Waals surface area contributed by atoms with Crippen LogP contribution in [0.3, 0.4) is 0 Å². The zero-order valence-corrected chi connectivity index (χ0v) is 18.1. The van der Waals surface area contributed by atoms with Gasteiger partial charge >= 0.3 is 0 Å². The molecule has 2 aliphatic rings. The summed E-state index contributed by atoms with van der Waals surface area (Å²) >= 11 is 6.78. The first-order valence-corrected chi connectivity index (χ1v) is 11.0. The fourth-order valence-electron chi connectivity index (χ4n) is 4.68. The van der Waals surface area contributed by atoms with Crippen molar-refractivity contribution in [2.45, 2.75) is 25.3 Å². The summed E-state index contributed by atoms with van der Waals surface area (Å²) in [5, 5.41) is 3.58. The van der Waals surface area contributed by atoms with E-state index in [0.29, 0.717) is 11.6 Å². The maximum atomic E-state index is 12.6. The molecule has 4 nitrogen and oxygen atoms in total. The van der Waals surface area contributed by atoms with E-state index in [2.05, 4.69) is 5.32 Å². The van der Waals surface area contributed by atoms with Gasteiger partial charge in [-0.05, 0) is 40.7 Å². The van der Waals surface area contributed by atoms with Crippen LogP contribution in [0.1, 0.15) is 40.2 Å². The molecule has 0 saturated carbocycles. The predicted octanol–water partition coefficient (Wildman–Crippen LogP) is 5.25. The number of hydrogen-bond acceptors (Lipinski definition) is 2. The highest BCUT2D eigenvalue weighted by atomic mass is 35.5. The van der Waals surface area contributed by atoms with E-state index in [0.717, 1.165) is 58.3 Å². The quantitative estimate of drug-likeness (QED) is 0.616. The summed E-state index contributed by atoms with van der Waals surface area (Å²) in [5.74, 6) is -0.0835. The van der Waals surface area contributed by atoms with Crippen LogP contribution in [0.4, 0.5) is 0 Å². The first-order valence-electron chi connectivity index (χ1n) is 10.6. The first kappa shape index (κ1) is 19.8. The second kappa shape index (κ2) is 7.86. The maximum absolute atomic E-state index is 12.6. The summed E-state index contributed by atoms with van der Waals surface area (Å²) in [6.45, 7) is 1.38. The molecular formula is C26H23ClN2O2. The molecule has 1 N–H and O–H groups in total. The number of halogens is 1. The Morgan fingerprint density at radius 3 is 2.35 bits per heavy atom. The van der Waals surface area contributed by atoms with Gasteiger partial charge in [-0.3, -0.25) is 9.59 Å². The smallest absolute Gasteiger partial charge is 0.254 e. The molecule has 1 saturated heterocycles. The van der Waals surface area contributed by atoms with Crippen LogP contribution in [0.2, 0.25) is 5.02 Å². The Kier molecular flexibility index (Phi) is 5.03. The largest absolute Gasteiger partial charge is 0.356 e. The lowest BCUT2D eigenvalue weighted by atomic mass is 9.88. The number of nitrogens with one attached hydrogen (secondary N) is 1. The van der Waals surface area contributed by atoms with Crippen molar-refractivity contribution in [3.05, 3.63) is 82.4 Å².